The van der Waals surface area contributed by atoms with Crippen LogP contribution in [-0.4, -0.2) is 24.7 Å². The first kappa shape index (κ1) is 21.2. The molecule has 4 rings (SSSR count). The third kappa shape index (κ3) is 3.53. The number of halogens is 6. The Labute approximate surface area is 178 Å². The van der Waals surface area contributed by atoms with Crippen LogP contribution < -0.4 is 15.0 Å². The van der Waals surface area contributed by atoms with Crippen molar-refractivity contribution in [3.63, 3.8) is 0 Å². The van der Waals surface area contributed by atoms with E-state index in [-0.39, 0.29) is 40.7 Å². The highest BCUT2D eigenvalue weighted by Crippen LogP contribution is 2.52. The average molecular weight is 458 g/mol. The van der Waals surface area contributed by atoms with Gasteiger partial charge in [-0.15, -0.1) is 0 Å². The number of piperidine rings is 1. The van der Waals surface area contributed by atoms with Crippen LogP contribution in [0.3, 0.4) is 0 Å². The van der Waals surface area contributed by atoms with Gasteiger partial charge in [0.15, 0.2) is 5.75 Å². The van der Waals surface area contributed by atoms with Crippen LogP contribution in [0.25, 0.3) is 0 Å². The number of fused-ring (bicyclic) bond motifs is 5. The normalized spacial score (nSPS) is 19.8. The number of hydrogen-bond acceptors (Lipinski definition) is 4. The van der Waals surface area contributed by atoms with Gasteiger partial charge in [-0.25, -0.2) is 8.78 Å². The Kier molecular flexibility index (Phi) is 5.17. The summed E-state index contributed by atoms with van der Waals surface area (Å²) in [6, 6.07) is 4.10. The lowest BCUT2D eigenvalue weighted by molar-refractivity contribution is -0.174. The predicted octanol–water partition coefficient (Wildman–Crippen LogP) is 4.98. The molecule has 11 heteroatoms. The van der Waals surface area contributed by atoms with Gasteiger partial charge < -0.3 is 15.0 Å². The Morgan fingerprint density at radius 1 is 1.26 bits per heavy atom. The molecule has 2 heterocycles. The second-order valence-corrected chi connectivity index (χ2v) is 7.50. The highest BCUT2D eigenvalue weighted by molar-refractivity contribution is 6.35. The predicted molar refractivity (Wildman–Crippen MR) is 99.9 cm³/mol. The molecule has 2 aromatic carbocycles. The summed E-state index contributed by atoms with van der Waals surface area (Å²) in [5.74, 6) is -4.06. The Hall–Kier alpha value is -3.06. The summed E-state index contributed by atoms with van der Waals surface area (Å²) in [4.78, 5) is 13.1. The van der Waals surface area contributed by atoms with E-state index in [1.807, 2.05) is 5.32 Å². The second-order valence-electron chi connectivity index (χ2n) is 7.12. The zero-order valence-corrected chi connectivity index (χ0v) is 16.3. The molecule has 0 unspecified atom stereocenters. The fraction of sp³-hybridized carbons (Fsp3) is 0.300. The molecular weight excluding hydrogens is 445 g/mol. The molecule has 0 spiro atoms. The number of anilines is 1. The molecule has 1 amide bonds. The summed E-state index contributed by atoms with van der Waals surface area (Å²) in [5, 5.41) is 10.9. The van der Waals surface area contributed by atoms with E-state index in [0.717, 1.165) is 12.1 Å². The lowest BCUT2D eigenvalue weighted by Crippen LogP contribution is -2.53. The van der Waals surface area contributed by atoms with Crippen LogP contribution in [0.5, 0.6) is 11.5 Å². The summed E-state index contributed by atoms with van der Waals surface area (Å²) in [5.41, 5.74) is -0.525. The van der Waals surface area contributed by atoms with Crippen molar-refractivity contribution in [2.24, 2.45) is 0 Å². The lowest BCUT2D eigenvalue weighted by Gasteiger charge is -2.42. The van der Waals surface area contributed by atoms with Crippen LogP contribution in [0.1, 0.15) is 30.0 Å². The van der Waals surface area contributed by atoms with Gasteiger partial charge in [0.05, 0.1) is 22.7 Å². The number of alkyl halides is 3. The number of amides is 1. The van der Waals surface area contributed by atoms with Gasteiger partial charge in [0, 0.05) is 12.6 Å². The molecule has 2 atom stereocenters. The van der Waals surface area contributed by atoms with E-state index in [9.17, 15) is 32.0 Å². The molecule has 5 nitrogen and oxygen atoms in total. The largest absolute Gasteiger partial charge is 0.471 e. The fourth-order valence-electron chi connectivity index (χ4n) is 4.05. The Balaban J connectivity index is 1.93. The number of carbonyl (C=O) groups excluding carboxylic acids is 1. The highest BCUT2D eigenvalue weighted by atomic mass is 35.5. The van der Waals surface area contributed by atoms with Crippen LogP contribution in [-0.2, 0) is 4.79 Å². The van der Waals surface area contributed by atoms with Crippen molar-refractivity contribution < 1.29 is 31.5 Å². The third-order valence-electron chi connectivity index (χ3n) is 5.29. The first-order valence-electron chi connectivity index (χ1n) is 9.16. The van der Waals surface area contributed by atoms with Crippen molar-refractivity contribution in [2.45, 2.75) is 31.1 Å². The lowest BCUT2D eigenvalue weighted by atomic mass is 9.89. The van der Waals surface area contributed by atoms with Crippen molar-refractivity contribution in [2.75, 3.05) is 11.4 Å². The smallest absolute Gasteiger partial charge is 0.455 e. The van der Waals surface area contributed by atoms with E-state index in [2.05, 4.69) is 0 Å². The van der Waals surface area contributed by atoms with Gasteiger partial charge in [0.25, 0.3) is 0 Å². The minimum absolute atomic E-state index is 0.0474. The quantitative estimate of drug-likeness (QED) is 0.613. The summed E-state index contributed by atoms with van der Waals surface area (Å²) in [6.07, 6.45) is -4.69. The third-order valence-corrected chi connectivity index (χ3v) is 5.66. The number of nitrogens with zero attached hydrogens (tertiary/aromatic N) is 2. The molecule has 1 N–H and O–H groups in total. The maximum absolute atomic E-state index is 14.9. The number of hydrogen-bond donors (Lipinski definition) is 1. The summed E-state index contributed by atoms with van der Waals surface area (Å²) >= 11 is 6.29. The molecule has 31 heavy (non-hydrogen) atoms. The van der Waals surface area contributed by atoms with Gasteiger partial charge >= 0.3 is 12.1 Å². The highest BCUT2D eigenvalue weighted by Gasteiger charge is 2.46. The van der Waals surface area contributed by atoms with Crippen LogP contribution in [0.4, 0.5) is 27.6 Å². The van der Waals surface area contributed by atoms with Gasteiger partial charge in [0.2, 0.25) is 0 Å². The van der Waals surface area contributed by atoms with E-state index in [1.54, 1.807) is 6.07 Å². The first-order valence-corrected chi connectivity index (χ1v) is 9.54. The van der Waals surface area contributed by atoms with Crippen molar-refractivity contribution in [1.29, 1.82) is 5.26 Å². The number of nitriles is 1. The molecule has 2 aliphatic heterocycles. The van der Waals surface area contributed by atoms with Crippen molar-refractivity contribution in [3.05, 3.63) is 52.0 Å². The van der Waals surface area contributed by atoms with E-state index in [0.29, 0.717) is 6.42 Å². The average Bonchev–Trinajstić information content (AvgIpc) is 2.83. The van der Waals surface area contributed by atoms with E-state index in [1.165, 1.54) is 17.0 Å². The molecule has 0 bridgehead atoms. The Morgan fingerprint density at radius 3 is 2.68 bits per heavy atom. The topological polar surface area (TPSA) is 65.4 Å². The van der Waals surface area contributed by atoms with Gasteiger partial charge in [-0.3, -0.25) is 4.79 Å². The van der Waals surface area contributed by atoms with Crippen LogP contribution >= 0.6 is 11.6 Å². The number of benzene rings is 2. The van der Waals surface area contributed by atoms with Gasteiger partial charge in [-0.05, 0) is 25.0 Å². The minimum atomic E-state index is -5.13. The SMILES string of the molecule is N#Cc1c(F)cc2c(c1Cl)N1CCC[C@@H](NC(=O)C(F)(F)F)[C@H]1c1c(F)cccc1O2. The second kappa shape index (κ2) is 7.57. The molecule has 2 aliphatic rings. The maximum Gasteiger partial charge on any atom is 0.471 e. The number of rotatable bonds is 1. The molecular formula is C20H13ClF5N3O2. The van der Waals surface area contributed by atoms with E-state index >= 15 is 0 Å². The van der Waals surface area contributed by atoms with Gasteiger partial charge in [0.1, 0.15) is 34.7 Å². The molecule has 162 valence electrons. The molecule has 2 aromatic rings. The summed E-state index contributed by atoms with van der Waals surface area (Å²) in [6.45, 7) is 0.198. The number of nitrogens with one attached hydrogen (secondary N) is 1. The zero-order chi connectivity index (χ0) is 22.5. The molecule has 1 fully saturated rings. The first-order chi connectivity index (χ1) is 14.6. The molecule has 0 aliphatic carbocycles. The van der Waals surface area contributed by atoms with Crippen molar-refractivity contribution in [3.8, 4) is 17.6 Å². The molecule has 1 saturated heterocycles. The van der Waals surface area contributed by atoms with Crippen molar-refractivity contribution >= 4 is 23.2 Å². The van der Waals surface area contributed by atoms with E-state index < -0.39 is 41.4 Å². The molecule has 0 saturated carbocycles. The van der Waals surface area contributed by atoms with Gasteiger partial charge in [-0.2, -0.15) is 18.4 Å². The maximum atomic E-state index is 14.9. The van der Waals surface area contributed by atoms with Crippen molar-refractivity contribution in [1.82, 2.24) is 5.32 Å². The Bertz CT molecular complexity index is 1120. The minimum Gasteiger partial charge on any atom is -0.455 e. The monoisotopic (exact) mass is 457 g/mol. The number of ether oxygens (including phenoxy) is 1. The molecule has 0 radical (unpaired) electrons. The van der Waals surface area contributed by atoms with Crippen LogP contribution in [0.15, 0.2) is 24.3 Å². The fourth-order valence-corrected chi connectivity index (χ4v) is 4.39. The molecule has 0 aromatic heterocycles. The standard InChI is InChI=1S/C20H13ClF5N3O2/c21-16-9(8-27)11(23)7-14-18(16)29-6-2-4-12(28-19(30)20(24,25)26)17(29)15-10(22)3-1-5-13(15)31-14/h1,3,5,7,12,17H,2,4,6H2,(H,28,30)/t12-,17+/m1/s1. The summed E-state index contributed by atoms with van der Waals surface area (Å²) in [7, 11) is 0. The van der Waals surface area contributed by atoms with Crippen LogP contribution in [0, 0.1) is 23.0 Å². The van der Waals surface area contributed by atoms with Crippen LogP contribution in [0.2, 0.25) is 5.02 Å². The van der Waals surface area contributed by atoms with E-state index in [4.69, 9.17) is 16.3 Å². The van der Waals surface area contributed by atoms with Gasteiger partial charge in [-0.1, -0.05) is 17.7 Å². The summed E-state index contributed by atoms with van der Waals surface area (Å²) < 4.78 is 73.7. The Morgan fingerprint density at radius 2 is 2.00 bits per heavy atom. The zero-order valence-electron chi connectivity index (χ0n) is 15.6. The number of carbonyl (C=O) groups is 1.